The highest BCUT2D eigenvalue weighted by Crippen LogP contribution is 2.41. The fourth-order valence-electron chi connectivity index (χ4n) is 2.80. The number of benzene rings is 1. The summed E-state index contributed by atoms with van der Waals surface area (Å²) < 4.78 is 13.9. The van der Waals surface area contributed by atoms with Crippen LogP contribution in [0.4, 0.5) is 4.39 Å². The zero-order valence-electron chi connectivity index (χ0n) is 12.2. The molecule has 2 atom stereocenters. The molecule has 1 fully saturated rings. The maximum atomic E-state index is 13.6. The van der Waals surface area contributed by atoms with Gasteiger partial charge in [0.2, 0.25) is 0 Å². The van der Waals surface area contributed by atoms with Gasteiger partial charge in [-0.2, -0.15) is 11.8 Å². The lowest BCUT2D eigenvalue weighted by molar-refractivity contribution is 0.398. The Kier molecular flexibility index (Phi) is 5.76. The molecule has 2 unspecified atom stereocenters. The van der Waals surface area contributed by atoms with Crippen LogP contribution in [0.1, 0.15) is 38.7 Å². The molecule has 0 radical (unpaired) electrons. The number of hydrogen-bond donors (Lipinski definition) is 1. The lowest BCUT2D eigenvalue weighted by Gasteiger charge is -2.34. The van der Waals surface area contributed by atoms with Crippen molar-refractivity contribution in [3.05, 3.63) is 34.6 Å². The summed E-state index contributed by atoms with van der Waals surface area (Å²) in [6.07, 6.45) is 4.49. The lowest BCUT2D eigenvalue weighted by atomic mass is 9.90. The first-order chi connectivity index (χ1) is 9.55. The summed E-state index contributed by atoms with van der Waals surface area (Å²) in [7, 11) is 0. The summed E-state index contributed by atoms with van der Waals surface area (Å²) in [6.45, 7) is 5.53. The van der Waals surface area contributed by atoms with Crippen molar-refractivity contribution in [3.8, 4) is 0 Å². The van der Waals surface area contributed by atoms with Gasteiger partial charge in [0, 0.05) is 10.8 Å². The highest BCUT2D eigenvalue weighted by atomic mass is 35.5. The van der Waals surface area contributed by atoms with E-state index >= 15 is 0 Å². The molecule has 1 aromatic carbocycles. The minimum atomic E-state index is -0.317. The third-order valence-corrected chi connectivity index (χ3v) is 6.00. The van der Waals surface area contributed by atoms with Crippen LogP contribution >= 0.6 is 23.4 Å². The monoisotopic (exact) mass is 315 g/mol. The van der Waals surface area contributed by atoms with E-state index in [0.29, 0.717) is 6.04 Å². The number of thioether (sulfide) groups is 1. The Morgan fingerprint density at radius 2 is 2.30 bits per heavy atom. The maximum Gasteiger partial charge on any atom is 0.142 e. The third-order valence-electron chi connectivity index (χ3n) is 4.05. The van der Waals surface area contributed by atoms with Crippen LogP contribution in [0, 0.1) is 5.82 Å². The Morgan fingerprint density at radius 1 is 1.50 bits per heavy atom. The molecule has 0 amide bonds. The normalized spacial score (nSPS) is 24.0. The molecule has 0 saturated carbocycles. The maximum absolute atomic E-state index is 13.6. The summed E-state index contributed by atoms with van der Waals surface area (Å²) in [5.74, 6) is 0.915. The first-order valence-electron chi connectivity index (χ1n) is 7.36. The van der Waals surface area contributed by atoms with Gasteiger partial charge < -0.3 is 5.32 Å². The van der Waals surface area contributed by atoms with E-state index in [1.165, 1.54) is 18.6 Å². The molecule has 112 valence electrons. The van der Waals surface area contributed by atoms with Crippen LogP contribution in [-0.2, 0) is 6.42 Å². The van der Waals surface area contributed by atoms with Crippen LogP contribution in [0.3, 0.4) is 0 Å². The van der Waals surface area contributed by atoms with E-state index in [9.17, 15) is 4.39 Å². The van der Waals surface area contributed by atoms with Crippen LogP contribution in [0.15, 0.2) is 18.2 Å². The van der Waals surface area contributed by atoms with Crippen LogP contribution < -0.4 is 5.32 Å². The molecule has 2 rings (SSSR count). The molecule has 1 nitrogen and oxygen atoms in total. The fourth-order valence-corrected chi connectivity index (χ4v) is 4.33. The molecule has 0 spiro atoms. The first kappa shape index (κ1) is 16.1. The smallest absolute Gasteiger partial charge is 0.142 e. The van der Waals surface area contributed by atoms with E-state index < -0.39 is 0 Å². The number of halogens is 2. The highest BCUT2D eigenvalue weighted by molar-refractivity contribution is 8.00. The summed E-state index contributed by atoms with van der Waals surface area (Å²) in [6, 6.07) is 5.56. The van der Waals surface area contributed by atoms with Gasteiger partial charge in [-0.25, -0.2) is 4.39 Å². The minimum absolute atomic E-state index is 0.202. The van der Waals surface area contributed by atoms with Gasteiger partial charge in [0.1, 0.15) is 5.82 Å². The van der Waals surface area contributed by atoms with Gasteiger partial charge in [-0.05, 0) is 62.6 Å². The van der Waals surface area contributed by atoms with Gasteiger partial charge in [-0.3, -0.25) is 0 Å². The molecule has 1 aliphatic heterocycles. The second kappa shape index (κ2) is 7.15. The Hall–Kier alpha value is -0.250. The first-order valence-corrected chi connectivity index (χ1v) is 8.73. The quantitative estimate of drug-likeness (QED) is 0.818. The predicted molar refractivity (Wildman–Crippen MR) is 87.3 cm³/mol. The lowest BCUT2D eigenvalue weighted by Crippen LogP contribution is -2.47. The molecular weight excluding hydrogens is 293 g/mol. The Balaban J connectivity index is 2.12. The van der Waals surface area contributed by atoms with Crippen molar-refractivity contribution >= 4 is 23.4 Å². The van der Waals surface area contributed by atoms with E-state index in [2.05, 4.69) is 19.2 Å². The molecule has 20 heavy (non-hydrogen) atoms. The molecule has 1 heterocycles. The van der Waals surface area contributed by atoms with Crippen molar-refractivity contribution in [1.82, 2.24) is 5.32 Å². The van der Waals surface area contributed by atoms with Gasteiger partial charge in [0.15, 0.2) is 0 Å². The Labute approximate surface area is 130 Å². The van der Waals surface area contributed by atoms with Crippen molar-refractivity contribution in [3.63, 3.8) is 0 Å². The Morgan fingerprint density at radius 3 is 2.90 bits per heavy atom. The van der Waals surface area contributed by atoms with Crippen molar-refractivity contribution in [1.29, 1.82) is 0 Å². The van der Waals surface area contributed by atoms with Crippen LogP contribution in [-0.4, -0.2) is 23.1 Å². The molecule has 1 aromatic rings. The number of hydrogen-bond acceptors (Lipinski definition) is 2. The number of nitrogens with one attached hydrogen (secondary N) is 1. The van der Waals surface area contributed by atoms with Gasteiger partial charge in [-0.1, -0.05) is 24.6 Å². The Bertz CT molecular complexity index is 446. The van der Waals surface area contributed by atoms with E-state index in [1.54, 1.807) is 12.1 Å². The standard InChI is InChI=1S/C16H23ClFNS/c1-3-8-19-15(16(2)7-4-9-20-16)11-12-5-6-13(17)14(18)10-12/h5-6,10,15,19H,3-4,7-9,11H2,1-2H3. The average Bonchev–Trinajstić information content (AvgIpc) is 2.86. The van der Waals surface area contributed by atoms with Crippen LogP contribution in [0.2, 0.25) is 5.02 Å². The van der Waals surface area contributed by atoms with Gasteiger partial charge in [0.05, 0.1) is 5.02 Å². The fraction of sp³-hybridized carbons (Fsp3) is 0.625. The zero-order chi connectivity index (χ0) is 14.6. The molecule has 1 N–H and O–H groups in total. The van der Waals surface area contributed by atoms with Crippen molar-refractivity contribution in [2.45, 2.75) is 50.3 Å². The zero-order valence-corrected chi connectivity index (χ0v) is 13.8. The number of rotatable bonds is 6. The van der Waals surface area contributed by atoms with E-state index in [0.717, 1.165) is 24.9 Å². The van der Waals surface area contributed by atoms with Crippen molar-refractivity contribution in [2.75, 3.05) is 12.3 Å². The predicted octanol–water partition coefficient (Wildman–Crippen LogP) is 4.68. The third kappa shape index (κ3) is 3.90. The van der Waals surface area contributed by atoms with Crippen molar-refractivity contribution in [2.24, 2.45) is 0 Å². The largest absolute Gasteiger partial charge is 0.312 e. The highest BCUT2D eigenvalue weighted by Gasteiger charge is 2.37. The molecule has 4 heteroatoms. The molecule has 1 saturated heterocycles. The molecule has 0 bridgehead atoms. The SMILES string of the molecule is CCCNC(Cc1ccc(Cl)c(F)c1)C1(C)CCCS1. The topological polar surface area (TPSA) is 12.0 Å². The van der Waals surface area contributed by atoms with E-state index in [4.69, 9.17) is 11.6 Å². The van der Waals surface area contributed by atoms with Crippen LogP contribution in [0.25, 0.3) is 0 Å². The summed E-state index contributed by atoms with van der Waals surface area (Å²) in [4.78, 5) is 0. The van der Waals surface area contributed by atoms with Gasteiger partial charge in [0.25, 0.3) is 0 Å². The molecule has 1 aliphatic rings. The second-order valence-corrected chi connectivity index (χ2v) is 7.76. The minimum Gasteiger partial charge on any atom is -0.312 e. The van der Waals surface area contributed by atoms with Crippen LogP contribution in [0.5, 0.6) is 0 Å². The van der Waals surface area contributed by atoms with Crippen molar-refractivity contribution < 1.29 is 4.39 Å². The van der Waals surface area contributed by atoms with E-state index in [1.807, 2.05) is 17.8 Å². The summed E-state index contributed by atoms with van der Waals surface area (Å²) >= 11 is 7.81. The summed E-state index contributed by atoms with van der Waals surface area (Å²) in [5.41, 5.74) is 1.02. The summed E-state index contributed by atoms with van der Waals surface area (Å²) in [5, 5.41) is 3.86. The second-order valence-electron chi connectivity index (χ2n) is 5.72. The van der Waals surface area contributed by atoms with Gasteiger partial charge in [-0.15, -0.1) is 0 Å². The molecule has 0 aliphatic carbocycles. The van der Waals surface area contributed by atoms with E-state index in [-0.39, 0.29) is 15.6 Å². The average molecular weight is 316 g/mol. The molecule has 0 aromatic heterocycles. The van der Waals surface area contributed by atoms with Gasteiger partial charge >= 0.3 is 0 Å². The molecular formula is C16H23ClFNS.